The molecule has 0 amide bonds. The molecule has 0 N–H and O–H groups in total. The Labute approximate surface area is 115 Å². The number of nitrogens with zero attached hydrogens (tertiary/aromatic N) is 2. The molecule has 0 radical (unpaired) electrons. The van der Waals surface area contributed by atoms with E-state index in [9.17, 15) is 13.2 Å². The molecule has 0 saturated heterocycles. The summed E-state index contributed by atoms with van der Waals surface area (Å²) in [6, 6.07) is 3.58. The largest absolute Gasteiger partial charge is 0.435 e. The van der Waals surface area contributed by atoms with Crippen molar-refractivity contribution >= 4 is 34.8 Å². The first-order valence-electron chi connectivity index (χ1n) is 4.57. The summed E-state index contributed by atoms with van der Waals surface area (Å²) in [4.78, 5) is 0. The van der Waals surface area contributed by atoms with Crippen LogP contribution in [0.3, 0.4) is 0 Å². The Morgan fingerprint density at radius 2 is 1.61 bits per heavy atom. The molecule has 0 saturated carbocycles. The van der Waals surface area contributed by atoms with Gasteiger partial charge in [0.15, 0.2) is 5.69 Å². The van der Waals surface area contributed by atoms with E-state index in [0.29, 0.717) is 0 Å². The second kappa shape index (κ2) is 4.64. The van der Waals surface area contributed by atoms with E-state index in [1.165, 1.54) is 12.1 Å². The molecule has 0 aliphatic heterocycles. The molecule has 0 bridgehead atoms. The van der Waals surface area contributed by atoms with Crippen LogP contribution in [0.15, 0.2) is 24.4 Å². The summed E-state index contributed by atoms with van der Waals surface area (Å²) in [5.74, 6) is 0. The molecule has 96 valence electrons. The van der Waals surface area contributed by atoms with E-state index >= 15 is 0 Å². The maximum absolute atomic E-state index is 12.4. The van der Waals surface area contributed by atoms with Crippen molar-refractivity contribution in [2.75, 3.05) is 0 Å². The van der Waals surface area contributed by atoms with E-state index < -0.39 is 11.9 Å². The van der Waals surface area contributed by atoms with Crippen LogP contribution in [0.1, 0.15) is 5.69 Å². The van der Waals surface area contributed by atoms with Crippen LogP contribution in [0.4, 0.5) is 13.2 Å². The SMILES string of the molecule is FC(F)(F)c1ccn(-c2c(Cl)cc(Cl)cc2Cl)n1. The minimum atomic E-state index is -4.52. The Morgan fingerprint density at radius 1 is 1.06 bits per heavy atom. The number of benzene rings is 1. The van der Waals surface area contributed by atoms with Crippen LogP contribution in [0, 0.1) is 0 Å². The Balaban J connectivity index is 2.53. The van der Waals surface area contributed by atoms with Crippen molar-refractivity contribution in [3.05, 3.63) is 45.2 Å². The Bertz CT molecular complexity index is 569. The van der Waals surface area contributed by atoms with Crippen LogP contribution in [0.25, 0.3) is 5.69 Å². The van der Waals surface area contributed by atoms with Gasteiger partial charge in [-0.15, -0.1) is 0 Å². The van der Waals surface area contributed by atoms with Crippen LogP contribution in [0.5, 0.6) is 0 Å². The van der Waals surface area contributed by atoms with Gasteiger partial charge in [-0.05, 0) is 18.2 Å². The molecule has 1 heterocycles. The molecule has 18 heavy (non-hydrogen) atoms. The van der Waals surface area contributed by atoms with E-state index in [4.69, 9.17) is 34.8 Å². The molecule has 2 aromatic rings. The second-order valence-electron chi connectivity index (χ2n) is 3.36. The summed E-state index contributed by atoms with van der Waals surface area (Å²) >= 11 is 17.5. The minimum Gasteiger partial charge on any atom is -0.237 e. The topological polar surface area (TPSA) is 17.8 Å². The second-order valence-corrected chi connectivity index (χ2v) is 4.61. The fraction of sp³-hybridized carbons (Fsp3) is 0.100. The van der Waals surface area contributed by atoms with Gasteiger partial charge in [0.2, 0.25) is 0 Å². The van der Waals surface area contributed by atoms with E-state index in [0.717, 1.165) is 16.9 Å². The number of halogens is 6. The average molecular weight is 316 g/mol. The van der Waals surface area contributed by atoms with Crippen molar-refractivity contribution in [2.24, 2.45) is 0 Å². The molecule has 0 aliphatic carbocycles. The maximum atomic E-state index is 12.4. The summed E-state index contributed by atoms with van der Waals surface area (Å²) in [5, 5.41) is 3.90. The van der Waals surface area contributed by atoms with E-state index in [1.54, 1.807) is 0 Å². The van der Waals surface area contributed by atoms with Crippen LogP contribution in [-0.4, -0.2) is 9.78 Å². The number of aromatic nitrogens is 2. The minimum absolute atomic E-state index is 0.115. The van der Waals surface area contributed by atoms with Gasteiger partial charge >= 0.3 is 6.18 Å². The van der Waals surface area contributed by atoms with E-state index in [2.05, 4.69) is 5.10 Å². The van der Waals surface area contributed by atoms with Crippen molar-refractivity contribution in [1.82, 2.24) is 9.78 Å². The van der Waals surface area contributed by atoms with E-state index in [-0.39, 0.29) is 20.8 Å². The van der Waals surface area contributed by atoms with Crippen molar-refractivity contribution in [2.45, 2.75) is 6.18 Å². The Kier molecular flexibility index (Phi) is 3.49. The summed E-state index contributed by atoms with van der Waals surface area (Å²) in [6.45, 7) is 0. The predicted molar refractivity (Wildman–Crippen MR) is 63.6 cm³/mol. The zero-order chi connectivity index (χ0) is 13.5. The van der Waals surface area contributed by atoms with Gasteiger partial charge in [0.25, 0.3) is 0 Å². The third-order valence-corrected chi connectivity index (χ3v) is 2.88. The van der Waals surface area contributed by atoms with Crippen LogP contribution in [-0.2, 0) is 6.18 Å². The normalized spacial score (nSPS) is 11.9. The average Bonchev–Trinajstić information content (AvgIpc) is 2.64. The van der Waals surface area contributed by atoms with Gasteiger partial charge in [-0.1, -0.05) is 34.8 Å². The van der Waals surface area contributed by atoms with Crippen molar-refractivity contribution in [3.8, 4) is 5.69 Å². The maximum Gasteiger partial charge on any atom is 0.435 e. The number of hydrogen-bond acceptors (Lipinski definition) is 1. The van der Waals surface area contributed by atoms with Gasteiger partial charge in [-0.25, -0.2) is 4.68 Å². The van der Waals surface area contributed by atoms with Crippen molar-refractivity contribution < 1.29 is 13.2 Å². The Hall–Kier alpha value is -0.910. The first-order chi connectivity index (χ1) is 8.29. The number of hydrogen-bond donors (Lipinski definition) is 0. The first kappa shape index (κ1) is 13.5. The van der Waals surface area contributed by atoms with Crippen LogP contribution >= 0.6 is 34.8 Å². The third-order valence-electron chi connectivity index (χ3n) is 2.09. The lowest BCUT2D eigenvalue weighted by atomic mass is 10.3. The highest BCUT2D eigenvalue weighted by atomic mass is 35.5. The summed E-state index contributed by atoms with van der Waals surface area (Å²) in [5.41, 5.74) is -0.872. The fourth-order valence-corrected chi connectivity index (χ4v) is 2.34. The monoisotopic (exact) mass is 314 g/mol. The standard InChI is InChI=1S/C10H4Cl3F3N2/c11-5-3-6(12)9(7(13)4-5)18-2-1-8(17-18)10(14,15)16/h1-4H. The molecule has 0 spiro atoms. The van der Waals surface area contributed by atoms with Crippen LogP contribution in [0.2, 0.25) is 15.1 Å². The summed E-state index contributed by atoms with van der Waals surface area (Å²) in [7, 11) is 0. The quantitative estimate of drug-likeness (QED) is 0.735. The Morgan fingerprint density at radius 3 is 2.06 bits per heavy atom. The smallest absolute Gasteiger partial charge is 0.237 e. The van der Waals surface area contributed by atoms with Gasteiger partial charge in [0.1, 0.15) is 5.69 Å². The molecular weight excluding hydrogens is 311 g/mol. The molecule has 0 atom stereocenters. The van der Waals surface area contributed by atoms with Gasteiger partial charge in [0.05, 0.1) is 10.0 Å². The van der Waals surface area contributed by atoms with Crippen molar-refractivity contribution in [1.29, 1.82) is 0 Å². The molecule has 2 nitrogen and oxygen atoms in total. The lowest BCUT2D eigenvalue weighted by Crippen LogP contribution is -2.07. The third kappa shape index (κ3) is 2.58. The van der Waals surface area contributed by atoms with Gasteiger partial charge < -0.3 is 0 Å². The zero-order valence-corrected chi connectivity index (χ0v) is 10.7. The van der Waals surface area contributed by atoms with Gasteiger partial charge in [-0.2, -0.15) is 18.3 Å². The molecule has 1 aromatic carbocycles. The molecule has 8 heteroatoms. The fourth-order valence-electron chi connectivity index (χ4n) is 1.35. The lowest BCUT2D eigenvalue weighted by Gasteiger charge is -2.08. The predicted octanol–water partition coefficient (Wildman–Crippen LogP) is 4.85. The van der Waals surface area contributed by atoms with Crippen molar-refractivity contribution in [3.63, 3.8) is 0 Å². The summed E-state index contributed by atoms with van der Waals surface area (Å²) < 4.78 is 38.2. The lowest BCUT2D eigenvalue weighted by molar-refractivity contribution is -0.141. The molecule has 1 aromatic heterocycles. The van der Waals surface area contributed by atoms with Gasteiger partial charge in [0, 0.05) is 11.2 Å². The first-order valence-corrected chi connectivity index (χ1v) is 5.70. The van der Waals surface area contributed by atoms with E-state index in [1.807, 2.05) is 0 Å². The number of rotatable bonds is 1. The number of alkyl halides is 3. The highest BCUT2D eigenvalue weighted by Gasteiger charge is 2.33. The zero-order valence-electron chi connectivity index (χ0n) is 8.47. The van der Waals surface area contributed by atoms with Gasteiger partial charge in [-0.3, -0.25) is 0 Å². The highest BCUT2D eigenvalue weighted by molar-refractivity contribution is 6.40. The highest BCUT2D eigenvalue weighted by Crippen LogP contribution is 2.33. The van der Waals surface area contributed by atoms with Crippen LogP contribution < -0.4 is 0 Å². The molecular formula is C10H4Cl3F3N2. The molecule has 0 fully saturated rings. The molecule has 0 unspecified atom stereocenters. The molecule has 0 aliphatic rings. The summed E-state index contributed by atoms with van der Waals surface area (Å²) in [6.07, 6.45) is -3.39. The molecule has 2 rings (SSSR count).